The van der Waals surface area contributed by atoms with Crippen LogP contribution in [0.2, 0.25) is 0 Å². The lowest BCUT2D eigenvalue weighted by Gasteiger charge is -2.55. The van der Waals surface area contributed by atoms with Gasteiger partial charge in [0.25, 0.3) is 0 Å². The lowest BCUT2D eigenvalue weighted by Crippen LogP contribution is -2.54. The molecule has 24 heavy (non-hydrogen) atoms. The van der Waals surface area contributed by atoms with Crippen LogP contribution in [0.25, 0.3) is 0 Å². The van der Waals surface area contributed by atoms with E-state index in [9.17, 15) is 4.79 Å². The summed E-state index contributed by atoms with van der Waals surface area (Å²) in [6.45, 7) is 1.27. The van der Waals surface area contributed by atoms with E-state index >= 15 is 0 Å². The molecule has 1 unspecified atom stereocenters. The molecule has 4 nitrogen and oxygen atoms in total. The van der Waals surface area contributed by atoms with Crippen LogP contribution in [0.4, 0.5) is 0 Å². The summed E-state index contributed by atoms with van der Waals surface area (Å²) in [5.41, 5.74) is -0.0449. The fourth-order valence-corrected chi connectivity index (χ4v) is 6.85. The number of hydrogen-bond acceptors (Lipinski definition) is 3. The highest BCUT2D eigenvalue weighted by Gasteiger charge is 2.54. The Balaban J connectivity index is 1.18. The molecule has 0 radical (unpaired) electrons. The smallest absolute Gasteiger partial charge is 0.226 e. The first-order valence-corrected chi connectivity index (χ1v) is 10.2. The fraction of sp³-hybridized carbons (Fsp3) is 0.950. The quantitative estimate of drug-likeness (QED) is 0.861. The van der Waals surface area contributed by atoms with Gasteiger partial charge in [0.2, 0.25) is 5.91 Å². The van der Waals surface area contributed by atoms with E-state index in [1.165, 1.54) is 38.5 Å². The Labute approximate surface area is 145 Å². The van der Waals surface area contributed by atoms with E-state index in [-0.39, 0.29) is 17.3 Å². The molecule has 5 saturated carbocycles. The van der Waals surface area contributed by atoms with Gasteiger partial charge in [0, 0.05) is 24.8 Å². The third-order valence-electron chi connectivity index (χ3n) is 7.54. The highest BCUT2D eigenvalue weighted by atomic mass is 16.7. The topological polar surface area (TPSA) is 47.6 Å². The van der Waals surface area contributed by atoms with Gasteiger partial charge >= 0.3 is 0 Å². The minimum atomic E-state index is -0.325. The molecule has 1 saturated heterocycles. The number of carbonyl (C=O) groups excluding carboxylic acids is 1. The number of ether oxygens (including phenoxy) is 2. The zero-order valence-electron chi connectivity index (χ0n) is 14.7. The first-order valence-electron chi connectivity index (χ1n) is 10.2. The zero-order chi connectivity index (χ0) is 16.2. The van der Waals surface area contributed by atoms with Crippen molar-refractivity contribution in [1.29, 1.82) is 0 Å². The van der Waals surface area contributed by atoms with Crippen molar-refractivity contribution in [1.82, 2.24) is 5.32 Å². The van der Waals surface area contributed by atoms with Crippen LogP contribution in [0.15, 0.2) is 0 Å². The number of rotatable bonds is 3. The Kier molecular flexibility index (Phi) is 3.71. The van der Waals surface area contributed by atoms with Crippen molar-refractivity contribution < 1.29 is 14.3 Å². The van der Waals surface area contributed by atoms with Gasteiger partial charge in [-0.25, -0.2) is 0 Å². The van der Waals surface area contributed by atoms with Crippen LogP contribution in [0.5, 0.6) is 0 Å². The summed E-state index contributed by atoms with van der Waals surface area (Å²) in [6, 6.07) is 0. The molecule has 1 atom stereocenters. The molecule has 0 aromatic carbocycles. The molecule has 1 N–H and O–H groups in total. The highest BCUT2D eigenvalue weighted by Crippen LogP contribution is 2.60. The third-order valence-corrected chi connectivity index (χ3v) is 7.54. The van der Waals surface area contributed by atoms with Crippen LogP contribution in [-0.4, -0.2) is 30.9 Å². The lowest BCUT2D eigenvalue weighted by atomic mass is 9.49. The van der Waals surface area contributed by atoms with Crippen LogP contribution in [-0.2, 0) is 14.3 Å². The van der Waals surface area contributed by atoms with Crippen molar-refractivity contribution >= 4 is 5.91 Å². The molecule has 1 aliphatic heterocycles. The van der Waals surface area contributed by atoms with Gasteiger partial charge in [-0.15, -0.1) is 0 Å². The normalized spacial score (nSPS) is 45.7. The fourth-order valence-electron chi connectivity index (χ4n) is 6.85. The molecule has 0 aromatic heterocycles. The van der Waals surface area contributed by atoms with E-state index in [2.05, 4.69) is 5.32 Å². The summed E-state index contributed by atoms with van der Waals surface area (Å²) < 4.78 is 12.2. The lowest BCUT2D eigenvalue weighted by molar-refractivity contribution is -0.187. The van der Waals surface area contributed by atoms with Crippen LogP contribution >= 0.6 is 0 Å². The Bertz CT molecular complexity index is 476. The van der Waals surface area contributed by atoms with Crippen molar-refractivity contribution in [2.45, 2.75) is 82.5 Å². The van der Waals surface area contributed by atoms with Crippen LogP contribution in [0.3, 0.4) is 0 Å². The molecule has 6 rings (SSSR count). The molecule has 1 spiro atoms. The predicted molar refractivity (Wildman–Crippen MR) is 90.3 cm³/mol. The van der Waals surface area contributed by atoms with Gasteiger partial charge < -0.3 is 14.8 Å². The average molecular weight is 333 g/mol. The summed E-state index contributed by atoms with van der Waals surface area (Å²) in [6.07, 6.45) is 13.3. The molecular formula is C20H31NO3. The number of amides is 1. The van der Waals surface area contributed by atoms with Gasteiger partial charge in [0.15, 0.2) is 5.79 Å². The molecule has 1 heterocycles. The van der Waals surface area contributed by atoms with Crippen molar-refractivity contribution in [2.75, 3.05) is 13.2 Å². The van der Waals surface area contributed by atoms with Crippen LogP contribution in [0, 0.1) is 23.2 Å². The first kappa shape index (κ1) is 15.6. The number of carbonyl (C=O) groups is 1. The van der Waals surface area contributed by atoms with E-state index < -0.39 is 0 Å². The molecule has 6 aliphatic rings. The molecule has 1 amide bonds. The van der Waals surface area contributed by atoms with E-state index in [4.69, 9.17) is 9.47 Å². The van der Waals surface area contributed by atoms with Gasteiger partial charge in [-0.05, 0) is 69.1 Å². The zero-order valence-corrected chi connectivity index (χ0v) is 14.7. The second kappa shape index (κ2) is 5.70. The standard InChI is InChI=1S/C20H31NO3/c22-18(19-9-14-6-15(10-19)8-16(7-14)11-19)21-12-17-13-23-20(24-17)4-2-1-3-5-20/h14-17H,1-13H2,(H,21,22). The molecule has 134 valence electrons. The van der Waals surface area contributed by atoms with Crippen LogP contribution in [0.1, 0.15) is 70.6 Å². The van der Waals surface area contributed by atoms with E-state index in [1.807, 2.05) is 0 Å². The van der Waals surface area contributed by atoms with Crippen molar-refractivity contribution in [3.05, 3.63) is 0 Å². The van der Waals surface area contributed by atoms with Gasteiger partial charge in [0.1, 0.15) is 6.10 Å². The molecule has 6 fully saturated rings. The second-order valence-electron chi connectivity index (χ2n) is 9.43. The predicted octanol–water partition coefficient (Wildman–Crippen LogP) is 3.39. The molecular weight excluding hydrogens is 302 g/mol. The molecule has 0 aromatic rings. The third kappa shape index (κ3) is 2.61. The monoisotopic (exact) mass is 333 g/mol. The largest absolute Gasteiger partial charge is 0.353 e. The maximum Gasteiger partial charge on any atom is 0.226 e. The Morgan fingerprint density at radius 3 is 2.21 bits per heavy atom. The molecule has 5 aliphatic carbocycles. The molecule has 4 bridgehead atoms. The van der Waals surface area contributed by atoms with E-state index in [0.717, 1.165) is 49.9 Å². The number of nitrogens with one attached hydrogen (secondary N) is 1. The minimum Gasteiger partial charge on any atom is -0.353 e. The van der Waals surface area contributed by atoms with E-state index in [1.54, 1.807) is 0 Å². The van der Waals surface area contributed by atoms with Crippen molar-refractivity contribution in [3.63, 3.8) is 0 Å². The summed E-state index contributed by atoms with van der Waals surface area (Å²) in [5.74, 6) is 2.44. The average Bonchev–Trinajstić information content (AvgIpc) is 2.94. The van der Waals surface area contributed by atoms with E-state index in [0.29, 0.717) is 19.1 Å². The van der Waals surface area contributed by atoms with Crippen molar-refractivity contribution in [3.8, 4) is 0 Å². The SMILES string of the molecule is O=C(NCC1COC2(CCCCC2)O1)C12CC3CC(CC(C3)C1)C2. The number of hydrogen-bond donors (Lipinski definition) is 1. The Hall–Kier alpha value is -0.610. The van der Waals surface area contributed by atoms with Gasteiger partial charge in [0.05, 0.1) is 6.61 Å². The van der Waals surface area contributed by atoms with Gasteiger partial charge in [-0.1, -0.05) is 6.42 Å². The minimum absolute atomic E-state index is 0.0426. The van der Waals surface area contributed by atoms with Gasteiger partial charge in [-0.3, -0.25) is 4.79 Å². The highest BCUT2D eigenvalue weighted by molar-refractivity contribution is 5.83. The first-order chi connectivity index (χ1) is 11.6. The summed E-state index contributed by atoms with van der Waals surface area (Å²) in [7, 11) is 0. The van der Waals surface area contributed by atoms with Crippen molar-refractivity contribution in [2.24, 2.45) is 23.2 Å². The maximum atomic E-state index is 13.0. The second-order valence-corrected chi connectivity index (χ2v) is 9.43. The molecule has 4 heteroatoms. The Morgan fingerprint density at radius 1 is 0.958 bits per heavy atom. The summed E-state index contributed by atoms with van der Waals surface area (Å²) >= 11 is 0. The summed E-state index contributed by atoms with van der Waals surface area (Å²) in [4.78, 5) is 13.0. The van der Waals surface area contributed by atoms with Crippen LogP contribution < -0.4 is 5.32 Å². The van der Waals surface area contributed by atoms with Gasteiger partial charge in [-0.2, -0.15) is 0 Å². The summed E-state index contributed by atoms with van der Waals surface area (Å²) in [5, 5.41) is 3.26. The Morgan fingerprint density at radius 2 is 1.58 bits per heavy atom. The maximum absolute atomic E-state index is 13.0.